The van der Waals surface area contributed by atoms with Gasteiger partial charge in [0, 0.05) is 18.7 Å². The lowest BCUT2D eigenvalue weighted by molar-refractivity contribution is -0.111. The molecule has 0 aromatic heterocycles. The third-order valence-corrected chi connectivity index (χ3v) is 1.91. The van der Waals surface area contributed by atoms with E-state index in [9.17, 15) is 13.6 Å². The summed E-state index contributed by atoms with van der Waals surface area (Å²) in [6, 6.07) is 6.32. The van der Waals surface area contributed by atoms with Crippen LogP contribution >= 0.6 is 0 Å². The number of hydrogen-bond acceptors (Lipinski definition) is 2. The highest BCUT2D eigenvalue weighted by Gasteiger charge is 2.21. The molecule has 0 saturated heterocycles. The highest BCUT2D eigenvalue weighted by Crippen LogP contribution is 2.20. The Bertz CT molecular complexity index is 439. The predicted octanol–water partition coefficient (Wildman–Crippen LogP) is 3.24. The SMILES string of the molecule is C/C=C/C(=O)Nc1cccc(OCC(C)(F)F)c1. The van der Waals surface area contributed by atoms with E-state index in [1.54, 1.807) is 31.2 Å². The normalized spacial score (nSPS) is 11.6. The summed E-state index contributed by atoms with van der Waals surface area (Å²) in [7, 11) is 0. The Balaban J connectivity index is 2.65. The van der Waals surface area contributed by atoms with Crippen molar-refractivity contribution in [3.05, 3.63) is 36.4 Å². The van der Waals surface area contributed by atoms with Crippen molar-refractivity contribution in [1.29, 1.82) is 0 Å². The third kappa shape index (κ3) is 5.43. The van der Waals surface area contributed by atoms with Crippen LogP contribution < -0.4 is 10.1 Å². The molecule has 0 fully saturated rings. The number of alkyl halides is 2. The van der Waals surface area contributed by atoms with Crippen LogP contribution in [0.15, 0.2) is 36.4 Å². The molecule has 0 bridgehead atoms. The summed E-state index contributed by atoms with van der Waals surface area (Å²) < 4.78 is 30.2. The Kier molecular flexibility index (Phi) is 4.83. The number of carbonyl (C=O) groups is 1. The molecule has 0 saturated carbocycles. The maximum Gasteiger partial charge on any atom is 0.278 e. The Morgan fingerprint density at radius 2 is 2.22 bits per heavy atom. The van der Waals surface area contributed by atoms with Crippen molar-refractivity contribution in [1.82, 2.24) is 0 Å². The van der Waals surface area contributed by atoms with Crippen molar-refractivity contribution in [2.75, 3.05) is 11.9 Å². The standard InChI is InChI=1S/C13H15F2NO2/c1-3-5-12(17)16-10-6-4-7-11(8-10)18-9-13(2,14)15/h3-8H,9H2,1-2H3,(H,16,17)/b5-3+. The van der Waals surface area contributed by atoms with Crippen LogP contribution in [0.2, 0.25) is 0 Å². The zero-order chi connectivity index (χ0) is 13.6. The number of halogens is 2. The molecule has 1 rings (SSSR count). The van der Waals surface area contributed by atoms with E-state index in [1.165, 1.54) is 12.1 Å². The second-order valence-electron chi connectivity index (χ2n) is 3.88. The molecule has 0 atom stereocenters. The lowest BCUT2D eigenvalue weighted by Gasteiger charge is -2.12. The van der Waals surface area contributed by atoms with Crippen LogP contribution in [0.4, 0.5) is 14.5 Å². The van der Waals surface area contributed by atoms with Gasteiger partial charge in [-0.05, 0) is 25.1 Å². The highest BCUT2D eigenvalue weighted by molar-refractivity contribution is 5.99. The molecule has 0 spiro atoms. The largest absolute Gasteiger partial charge is 0.487 e. The monoisotopic (exact) mass is 255 g/mol. The van der Waals surface area contributed by atoms with E-state index in [-0.39, 0.29) is 11.7 Å². The Hall–Kier alpha value is -1.91. The van der Waals surface area contributed by atoms with Crippen LogP contribution in [0, 0.1) is 0 Å². The number of nitrogens with one attached hydrogen (secondary N) is 1. The number of benzene rings is 1. The number of hydrogen-bond donors (Lipinski definition) is 1. The molecule has 1 N–H and O–H groups in total. The molecule has 1 amide bonds. The summed E-state index contributed by atoms with van der Waals surface area (Å²) in [5, 5.41) is 2.59. The van der Waals surface area contributed by atoms with Gasteiger partial charge in [0.2, 0.25) is 5.91 Å². The molecular formula is C13H15F2NO2. The van der Waals surface area contributed by atoms with Gasteiger partial charge in [0.1, 0.15) is 5.75 Å². The fourth-order valence-corrected chi connectivity index (χ4v) is 1.21. The molecule has 0 unspecified atom stereocenters. The van der Waals surface area contributed by atoms with Crippen molar-refractivity contribution in [3.8, 4) is 5.75 Å². The number of anilines is 1. The molecular weight excluding hydrogens is 240 g/mol. The predicted molar refractivity (Wildman–Crippen MR) is 66.0 cm³/mol. The van der Waals surface area contributed by atoms with Crippen LogP contribution in [-0.2, 0) is 4.79 Å². The summed E-state index contributed by atoms with van der Waals surface area (Å²) in [5.41, 5.74) is 0.495. The molecule has 3 nitrogen and oxygen atoms in total. The van der Waals surface area contributed by atoms with E-state index in [0.717, 1.165) is 6.92 Å². The second kappa shape index (κ2) is 6.14. The van der Waals surface area contributed by atoms with E-state index in [4.69, 9.17) is 4.74 Å². The fourth-order valence-electron chi connectivity index (χ4n) is 1.21. The Morgan fingerprint density at radius 3 is 2.83 bits per heavy atom. The van der Waals surface area contributed by atoms with E-state index in [1.807, 2.05) is 0 Å². The molecule has 1 aromatic rings. The molecule has 18 heavy (non-hydrogen) atoms. The summed E-state index contributed by atoms with van der Waals surface area (Å²) in [6.45, 7) is 1.81. The zero-order valence-electron chi connectivity index (χ0n) is 10.2. The molecule has 5 heteroatoms. The summed E-state index contributed by atoms with van der Waals surface area (Å²) in [6.07, 6.45) is 2.97. The molecule has 0 aliphatic carbocycles. The van der Waals surface area contributed by atoms with E-state index in [0.29, 0.717) is 5.69 Å². The van der Waals surface area contributed by atoms with E-state index < -0.39 is 12.5 Å². The second-order valence-corrected chi connectivity index (χ2v) is 3.88. The average molecular weight is 255 g/mol. The van der Waals surface area contributed by atoms with Crippen LogP contribution in [0.5, 0.6) is 5.75 Å². The van der Waals surface area contributed by atoms with Crippen LogP contribution in [0.1, 0.15) is 13.8 Å². The fraction of sp³-hybridized carbons (Fsp3) is 0.308. The summed E-state index contributed by atoms with van der Waals surface area (Å²) in [5.74, 6) is -2.88. The van der Waals surface area contributed by atoms with Gasteiger partial charge in [-0.3, -0.25) is 4.79 Å². The maximum atomic E-state index is 12.6. The third-order valence-electron chi connectivity index (χ3n) is 1.91. The topological polar surface area (TPSA) is 38.3 Å². The zero-order valence-corrected chi connectivity index (χ0v) is 10.2. The Morgan fingerprint density at radius 1 is 1.50 bits per heavy atom. The van der Waals surface area contributed by atoms with Crippen molar-refractivity contribution >= 4 is 11.6 Å². The summed E-state index contributed by atoms with van der Waals surface area (Å²) >= 11 is 0. The first-order valence-electron chi connectivity index (χ1n) is 5.45. The first kappa shape index (κ1) is 14.2. The number of ether oxygens (including phenoxy) is 1. The first-order valence-corrected chi connectivity index (χ1v) is 5.45. The van der Waals surface area contributed by atoms with Crippen molar-refractivity contribution in [2.45, 2.75) is 19.8 Å². The van der Waals surface area contributed by atoms with Gasteiger partial charge in [0.15, 0.2) is 6.61 Å². The number of rotatable bonds is 5. The first-order chi connectivity index (χ1) is 8.40. The Labute approximate surface area is 104 Å². The summed E-state index contributed by atoms with van der Waals surface area (Å²) in [4.78, 5) is 11.3. The minimum Gasteiger partial charge on any atom is -0.487 e. The molecule has 0 aliphatic rings. The quantitative estimate of drug-likeness (QED) is 0.820. The minimum absolute atomic E-state index is 0.282. The number of allylic oxidation sites excluding steroid dienone is 1. The van der Waals surface area contributed by atoms with Crippen molar-refractivity contribution < 1.29 is 18.3 Å². The van der Waals surface area contributed by atoms with Gasteiger partial charge in [-0.15, -0.1) is 0 Å². The lowest BCUT2D eigenvalue weighted by atomic mass is 10.3. The lowest BCUT2D eigenvalue weighted by Crippen LogP contribution is -2.20. The smallest absolute Gasteiger partial charge is 0.278 e. The molecule has 0 heterocycles. The average Bonchev–Trinajstić information content (AvgIpc) is 2.26. The van der Waals surface area contributed by atoms with Crippen molar-refractivity contribution in [3.63, 3.8) is 0 Å². The molecule has 0 radical (unpaired) electrons. The maximum absolute atomic E-state index is 12.6. The van der Waals surface area contributed by atoms with Gasteiger partial charge in [0.25, 0.3) is 5.92 Å². The van der Waals surface area contributed by atoms with Crippen molar-refractivity contribution in [2.24, 2.45) is 0 Å². The van der Waals surface area contributed by atoms with Crippen LogP contribution in [0.25, 0.3) is 0 Å². The van der Waals surface area contributed by atoms with Gasteiger partial charge >= 0.3 is 0 Å². The van der Waals surface area contributed by atoms with Gasteiger partial charge in [-0.25, -0.2) is 8.78 Å². The number of carbonyl (C=O) groups excluding carboxylic acids is 1. The van der Waals surface area contributed by atoms with Gasteiger partial charge in [-0.1, -0.05) is 12.1 Å². The van der Waals surface area contributed by atoms with Gasteiger partial charge in [0.05, 0.1) is 0 Å². The van der Waals surface area contributed by atoms with E-state index >= 15 is 0 Å². The van der Waals surface area contributed by atoms with Crippen LogP contribution in [0.3, 0.4) is 0 Å². The molecule has 1 aromatic carbocycles. The highest BCUT2D eigenvalue weighted by atomic mass is 19.3. The van der Waals surface area contributed by atoms with Gasteiger partial charge < -0.3 is 10.1 Å². The van der Waals surface area contributed by atoms with Gasteiger partial charge in [-0.2, -0.15) is 0 Å². The molecule has 0 aliphatic heterocycles. The van der Waals surface area contributed by atoms with E-state index in [2.05, 4.69) is 5.32 Å². The number of amides is 1. The molecule has 98 valence electrons. The van der Waals surface area contributed by atoms with Crippen LogP contribution in [-0.4, -0.2) is 18.4 Å². The minimum atomic E-state index is -2.88.